The van der Waals surface area contributed by atoms with Crippen LogP contribution in [-0.4, -0.2) is 11.0 Å². The molecule has 0 aliphatic carbocycles. The molecule has 0 atom stereocenters. The predicted molar refractivity (Wildman–Crippen MR) is 126 cm³/mol. The molecule has 3 aromatic carbocycles. The lowest BCUT2D eigenvalue weighted by molar-refractivity contribution is 0.102. The lowest BCUT2D eigenvalue weighted by Gasteiger charge is -2.17. The van der Waals surface area contributed by atoms with Crippen molar-refractivity contribution in [2.24, 2.45) is 0 Å². The van der Waals surface area contributed by atoms with Gasteiger partial charge in [-0.15, -0.1) is 0 Å². The maximum Gasteiger partial charge on any atom is 0.259 e. The Hall–Kier alpha value is -2.21. The highest BCUT2D eigenvalue weighted by Crippen LogP contribution is 2.37. The summed E-state index contributed by atoms with van der Waals surface area (Å²) in [6.45, 7) is 6.16. The number of nitrogens with one attached hydrogen (secondary N) is 1. The monoisotopic (exact) mass is 507 g/mol. The van der Waals surface area contributed by atoms with Crippen LogP contribution in [0.2, 0.25) is 10.0 Å². The fourth-order valence-electron chi connectivity index (χ4n) is 2.94. The summed E-state index contributed by atoms with van der Waals surface area (Å²) in [5.74, 6) is 0.641. The number of carbonyl (C=O) groups excluding carboxylic acids is 1. The molecule has 0 aliphatic rings. The highest BCUT2D eigenvalue weighted by atomic mass is 79.9. The van der Waals surface area contributed by atoms with Crippen LogP contribution in [0.3, 0.4) is 0 Å². The van der Waals surface area contributed by atoms with E-state index in [0.29, 0.717) is 31.7 Å². The van der Waals surface area contributed by atoms with Crippen LogP contribution in [0.15, 0.2) is 53.0 Å². The lowest BCUT2D eigenvalue weighted by Crippen LogP contribution is -2.13. The molecule has 156 valence electrons. The molecule has 0 spiro atoms. The van der Waals surface area contributed by atoms with E-state index >= 15 is 0 Å². The molecule has 0 saturated heterocycles. The van der Waals surface area contributed by atoms with Gasteiger partial charge in [0.2, 0.25) is 0 Å². The van der Waals surface area contributed by atoms with E-state index in [9.17, 15) is 9.90 Å². The van der Waals surface area contributed by atoms with Gasteiger partial charge in [-0.25, -0.2) is 0 Å². The second-order valence-electron chi connectivity index (χ2n) is 7.18. The number of anilines is 1. The molecule has 0 aliphatic heterocycles. The van der Waals surface area contributed by atoms with Crippen LogP contribution >= 0.6 is 39.1 Å². The fraction of sp³-hybridized carbons (Fsp3) is 0.174. The number of phenolic OH excluding ortho intramolecular Hbond substituents is 1. The molecule has 7 heteroatoms. The van der Waals surface area contributed by atoms with E-state index in [0.717, 1.165) is 11.1 Å². The highest BCUT2D eigenvalue weighted by Gasteiger charge is 2.18. The van der Waals surface area contributed by atoms with Gasteiger partial charge in [-0.05, 0) is 76.3 Å². The number of hydrogen-bond acceptors (Lipinski definition) is 3. The summed E-state index contributed by atoms with van der Waals surface area (Å²) in [6.07, 6.45) is 0. The van der Waals surface area contributed by atoms with Gasteiger partial charge < -0.3 is 15.2 Å². The Balaban J connectivity index is 1.98. The Morgan fingerprint density at radius 3 is 2.47 bits per heavy atom. The van der Waals surface area contributed by atoms with Crippen molar-refractivity contribution in [1.82, 2.24) is 0 Å². The summed E-state index contributed by atoms with van der Waals surface area (Å²) < 4.78 is 6.50. The van der Waals surface area contributed by atoms with Gasteiger partial charge in [-0.1, -0.05) is 49.2 Å². The number of phenols is 1. The largest absolute Gasteiger partial charge is 0.506 e. The summed E-state index contributed by atoms with van der Waals surface area (Å²) in [5.41, 5.74) is 2.50. The molecule has 0 heterocycles. The summed E-state index contributed by atoms with van der Waals surface area (Å²) in [5, 5.41) is 13.7. The highest BCUT2D eigenvalue weighted by molar-refractivity contribution is 9.10. The molecule has 0 unspecified atom stereocenters. The Morgan fingerprint density at radius 2 is 1.77 bits per heavy atom. The van der Waals surface area contributed by atoms with Gasteiger partial charge in [0, 0.05) is 10.0 Å². The van der Waals surface area contributed by atoms with Crippen LogP contribution in [-0.2, 0) is 0 Å². The third kappa shape index (κ3) is 5.09. The van der Waals surface area contributed by atoms with Crippen molar-refractivity contribution >= 4 is 50.7 Å². The average molecular weight is 509 g/mol. The minimum atomic E-state index is -0.545. The topological polar surface area (TPSA) is 58.6 Å². The fourth-order valence-corrected chi connectivity index (χ4v) is 3.93. The Bertz CT molecular complexity index is 1120. The van der Waals surface area contributed by atoms with Gasteiger partial charge >= 0.3 is 0 Å². The molecular weight excluding hydrogens is 489 g/mol. The van der Waals surface area contributed by atoms with Gasteiger partial charge in [0.1, 0.15) is 11.5 Å². The van der Waals surface area contributed by atoms with Crippen molar-refractivity contribution in [2.75, 3.05) is 5.32 Å². The molecule has 30 heavy (non-hydrogen) atoms. The van der Waals surface area contributed by atoms with Gasteiger partial charge in [-0.2, -0.15) is 0 Å². The van der Waals surface area contributed by atoms with Crippen LogP contribution in [0.5, 0.6) is 17.2 Å². The van der Waals surface area contributed by atoms with Crippen molar-refractivity contribution < 1.29 is 14.6 Å². The molecule has 2 N–H and O–H groups in total. The first kappa shape index (κ1) is 22.5. The third-order valence-corrected chi connectivity index (χ3v) is 5.53. The number of aromatic hydroxyl groups is 1. The maximum absolute atomic E-state index is 12.8. The molecule has 0 bridgehead atoms. The first-order valence-corrected chi connectivity index (χ1v) is 10.8. The lowest BCUT2D eigenvalue weighted by atomic mass is 10.0. The van der Waals surface area contributed by atoms with Crippen molar-refractivity contribution in [1.29, 1.82) is 0 Å². The van der Waals surface area contributed by atoms with E-state index in [4.69, 9.17) is 27.9 Å². The summed E-state index contributed by atoms with van der Waals surface area (Å²) >= 11 is 15.4. The first-order chi connectivity index (χ1) is 14.2. The van der Waals surface area contributed by atoms with Gasteiger partial charge in [0.25, 0.3) is 5.91 Å². The predicted octanol–water partition coefficient (Wildman–Crippen LogP) is 7.94. The van der Waals surface area contributed by atoms with Crippen LogP contribution in [0, 0.1) is 6.92 Å². The number of aryl methyl sites for hydroxylation is 1. The Kier molecular flexibility index (Phi) is 6.96. The number of carbonyl (C=O) groups is 1. The molecule has 3 aromatic rings. The average Bonchev–Trinajstić information content (AvgIpc) is 2.66. The molecule has 0 fully saturated rings. The van der Waals surface area contributed by atoms with E-state index in [1.165, 1.54) is 12.1 Å². The van der Waals surface area contributed by atoms with Crippen LogP contribution in [0.25, 0.3) is 0 Å². The van der Waals surface area contributed by atoms with Crippen molar-refractivity contribution in [3.8, 4) is 17.2 Å². The number of ether oxygens (including phenoxy) is 1. The summed E-state index contributed by atoms with van der Waals surface area (Å²) in [4.78, 5) is 12.8. The molecule has 1 amide bonds. The standard InChI is InChI=1S/C23H20BrCl2NO3/c1-12(2)16-6-4-13(3)8-21(16)30-20-7-5-14(25)11-19(20)27-23(29)17-9-15(26)10-18(24)22(17)28/h4-12,28H,1-3H3,(H,27,29). The van der Waals surface area contributed by atoms with Crippen molar-refractivity contribution in [3.63, 3.8) is 0 Å². The zero-order valence-corrected chi connectivity index (χ0v) is 19.7. The Labute approximate surface area is 193 Å². The van der Waals surface area contributed by atoms with Crippen LogP contribution in [0.1, 0.15) is 41.3 Å². The number of benzene rings is 3. The number of rotatable bonds is 5. The third-order valence-electron chi connectivity index (χ3n) is 4.47. The normalized spacial score (nSPS) is 10.9. The number of amides is 1. The van der Waals surface area contributed by atoms with E-state index < -0.39 is 5.91 Å². The van der Waals surface area contributed by atoms with Gasteiger partial charge in [-0.3, -0.25) is 4.79 Å². The van der Waals surface area contributed by atoms with Gasteiger partial charge in [0.15, 0.2) is 5.75 Å². The van der Waals surface area contributed by atoms with E-state index in [1.54, 1.807) is 18.2 Å². The first-order valence-electron chi connectivity index (χ1n) is 9.23. The SMILES string of the molecule is Cc1ccc(C(C)C)c(Oc2ccc(Cl)cc2NC(=O)c2cc(Cl)cc(Br)c2O)c1. The van der Waals surface area contributed by atoms with Crippen LogP contribution in [0.4, 0.5) is 5.69 Å². The smallest absolute Gasteiger partial charge is 0.259 e. The van der Waals surface area contributed by atoms with E-state index in [1.807, 2.05) is 25.1 Å². The molecule has 0 radical (unpaired) electrons. The molecule has 4 nitrogen and oxygen atoms in total. The van der Waals surface area contributed by atoms with E-state index in [-0.39, 0.29) is 17.2 Å². The zero-order valence-electron chi connectivity index (χ0n) is 16.6. The zero-order chi connectivity index (χ0) is 22.0. The molecular formula is C23H20BrCl2NO3. The van der Waals surface area contributed by atoms with E-state index in [2.05, 4.69) is 35.1 Å². The summed E-state index contributed by atoms with van der Waals surface area (Å²) in [6, 6.07) is 13.9. The second-order valence-corrected chi connectivity index (χ2v) is 8.90. The second kappa shape index (κ2) is 9.29. The molecule has 0 aromatic heterocycles. The van der Waals surface area contributed by atoms with Gasteiger partial charge in [0.05, 0.1) is 15.7 Å². The number of halogens is 3. The number of hydrogen-bond donors (Lipinski definition) is 2. The quantitative estimate of drug-likeness (QED) is 0.367. The van der Waals surface area contributed by atoms with Crippen molar-refractivity contribution in [3.05, 3.63) is 79.7 Å². The maximum atomic E-state index is 12.8. The summed E-state index contributed by atoms with van der Waals surface area (Å²) in [7, 11) is 0. The van der Waals surface area contributed by atoms with Crippen molar-refractivity contribution in [2.45, 2.75) is 26.7 Å². The minimum Gasteiger partial charge on any atom is -0.506 e. The molecule has 3 rings (SSSR count). The molecule has 0 saturated carbocycles. The van der Waals surface area contributed by atoms with Crippen LogP contribution < -0.4 is 10.1 Å². The Morgan fingerprint density at radius 1 is 1.03 bits per heavy atom. The minimum absolute atomic E-state index is 0.0266.